The van der Waals surface area contributed by atoms with Crippen molar-refractivity contribution in [2.24, 2.45) is 5.92 Å². The van der Waals surface area contributed by atoms with Gasteiger partial charge in [-0.15, -0.1) is 0 Å². The van der Waals surface area contributed by atoms with Crippen LogP contribution in [0.15, 0.2) is 0 Å². The summed E-state index contributed by atoms with van der Waals surface area (Å²) in [5.41, 5.74) is 0. The van der Waals surface area contributed by atoms with E-state index in [0.717, 1.165) is 5.92 Å². The third-order valence-corrected chi connectivity index (χ3v) is 2.74. The Bertz CT molecular complexity index is 59.3. The van der Waals surface area contributed by atoms with E-state index in [4.69, 9.17) is 0 Å². The van der Waals surface area contributed by atoms with Gasteiger partial charge < -0.3 is 0 Å². The van der Waals surface area contributed by atoms with E-state index >= 15 is 0 Å². The van der Waals surface area contributed by atoms with Crippen LogP contribution in [0.3, 0.4) is 0 Å². The van der Waals surface area contributed by atoms with Crippen LogP contribution in [0.4, 0.5) is 0 Å². The van der Waals surface area contributed by atoms with Crippen molar-refractivity contribution in [3.63, 3.8) is 0 Å². The molecule has 0 N–H and O–H groups in total. The average molecular weight is 133 g/mol. The Morgan fingerprint density at radius 3 is 1.50 bits per heavy atom. The van der Waals surface area contributed by atoms with Crippen LogP contribution in [-0.2, 0) is 0 Å². The summed E-state index contributed by atoms with van der Waals surface area (Å²) < 4.78 is 0. The lowest BCUT2D eigenvalue weighted by Crippen LogP contribution is -1.99. The quantitative estimate of drug-likeness (QED) is 0.508. The van der Waals surface area contributed by atoms with Crippen LogP contribution >= 0.6 is 7.26 Å². The highest BCUT2D eigenvalue weighted by atomic mass is 31.2. The van der Waals surface area contributed by atoms with Gasteiger partial charge in [0.15, 0.2) is 0 Å². The molecule has 0 spiro atoms. The molecule has 0 aliphatic carbocycles. The lowest BCUT2D eigenvalue weighted by Gasteiger charge is -2.13. The zero-order chi connectivity index (χ0) is 6.78. The Morgan fingerprint density at radius 2 is 1.50 bits per heavy atom. The highest BCUT2D eigenvalue weighted by Gasteiger charge is 2.17. The summed E-state index contributed by atoms with van der Waals surface area (Å²) in [4.78, 5) is 0. The molecule has 0 aliphatic heterocycles. The molecule has 0 aromatic rings. The molecule has 0 aromatic carbocycles. The summed E-state index contributed by atoms with van der Waals surface area (Å²) in [6.45, 7) is 11.8. The molecule has 50 valence electrons. The molecule has 0 atom stereocenters. The summed E-state index contributed by atoms with van der Waals surface area (Å²) in [5, 5.41) is 0. The van der Waals surface area contributed by atoms with Crippen LogP contribution in [0, 0.1) is 5.92 Å². The maximum absolute atomic E-state index is 2.40. The molecule has 0 saturated heterocycles. The first-order valence-corrected chi connectivity index (χ1v) is 6.54. The largest absolute Gasteiger partial charge is 0.0609 e. The van der Waals surface area contributed by atoms with Crippen molar-refractivity contribution < 1.29 is 0 Å². The Kier molecular flexibility index (Phi) is 2.98. The van der Waals surface area contributed by atoms with Crippen molar-refractivity contribution in [2.45, 2.75) is 13.8 Å². The minimum Gasteiger partial charge on any atom is -0.0593 e. The van der Waals surface area contributed by atoms with Gasteiger partial charge in [0.2, 0.25) is 0 Å². The first kappa shape index (κ1) is 8.43. The molecule has 0 aromatic heterocycles. The van der Waals surface area contributed by atoms with E-state index in [-0.39, 0.29) is 0 Å². The lowest BCUT2D eigenvalue weighted by molar-refractivity contribution is 0.743. The standard InChI is InChI=1S/C7H18P/c1-7(2)6-8(3,4)5/h7H,6H2,1-5H3/q+1. The molecule has 0 fully saturated rings. The Morgan fingerprint density at radius 1 is 1.12 bits per heavy atom. The van der Waals surface area contributed by atoms with E-state index in [1.165, 1.54) is 6.16 Å². The average Bonchev–Trinajstić information content (AvgIpc) is 1.21. The van der Waals surface area contributed by atoms with Gasteiger partial charge in [-0.3, -0.25) is 0 Å². The Labute approximate surface area is 54.0 Å². The predicted octanol–water partition coefficient (Wildman–Crippen LogP) is 2.55. The van der Waals surface area contributed by atoms with E-state index in [1.54, 1.807) is 0 Å². The van der Waals surface area contributed by atoms with Gasteiger partial charge in [-0.2, -0.15) is 0 Å². The van der Waals surface area contributed by atoms with Crippen LogP contribution in [0.2, 0.25) is 0 Å². The Hall–Kier alpha value is 0.430. The predicted molar refractivity (Wildman–Crippen MR) is 44.4 cm³/mol. The summed E-state index contributed by atoms with van der Waals surface area (Å²) in [5.74, 6) is 0.892. The molecule has 0 rings (SSSR count). The molecule has 8 heavy (non-hydrogen) atoms. The fourth-order valence-corrected chi connectivity index (χ4v) is 3.29. The van der Waals surface area contributed by atoms with Gasteiger partial charge in [0.25, 0.3) is 0 Å². The molecular weight excluding hydrogens is 115 g/mol. The van der Waals surface area contributed by atoms with E-state index in [9.17, 15) is 0 Å². The second kappa shape index (κ2) is 2.82. The number of rotatable bonds is 2. The molecular formula is C7H18P+. The molecule has 0 bridgehead atoms. The second-order valence-electron chi connectivity index (χ2n) is 3.87. The smallest absolute Gasteiger partial charge is 0.0593 e. The summed E-state index contributed by atoms with van der Waals surface area (Å²) in [7, 11) is -0.472. The maximum Gasteiger partial charge on any atom is 0.0609 e. The minimum absolute atomic E-state index is 0.472. The molecule has 0 radical (unpaired) electrons. The molecule has 0 unspecified atom stereocenters. The van der Waals surface area contributed by atoms with Crippen molar-refractivity contribution >= 4 is 7.26 Å². The highest BCUT2D eigenvalue weighted by Crippen LogP contribution is 2.47. The molecule has 1 heteroatoms. The van der Waals surface area contributed by atoms with Crippen molar-refractivity contribution in [3.8, 4) is 0 Å². The molecule has 0 nitrogen and oxygen atoms in total. The number of hydrogen-bond donors (Lipinski definition) is 0. The van der Waals surface area contributed by atoms with Gasteiger partial charge in [0.1, 0.15) is 0 Å². The minimum atomic E-state index is -0.472. The maximum atomic E-state index is 2.40. The SMILES string of the molecule is CC(C)C[P+](C)(C)C. The van der Waals surface area contributed by atoms with Gasteiger partial charge in [-0.25, -0.2) is 0 Å². The van der Waals surface area contributed by atoms with Gasteiger partial charge >= 0.3 is 0 Å². The van der Waals surface area contributed by atoms with E-state index in [1.807, 2.05) is 0 Å². The third-order valence-electron chi connectivity index (χ3n) is 0.913. The highest BCUT2D eigenvalue weighted by molar-refractivity contribution is 7.73. The van der Waals surface area contributed by atoms with E-state index < -0.39 is 7.26 Å². The topological polar surface area (TPSA) is 0 Å². The Balaban J connectivity index is 3.39. The van der Waals surface area contributed by atoms with Crippen molar-refractivity contribution in [2.75, 3.05) is 26.2 Å². The van der Waals surface area contributed by atoms with Crippen molar-refractivity contribution in [3.05, 3.63) is 0 Å². The fraction of sp³-hybridized carbons (Fsp3) is 1.00. The van der Waals surface area contributed by atoms with E-state index in [0.29, 0.717) is 0 Å². The first-order valence-electron chi connectivity index (χ1n) is 3.22. The number of hydrogen-bond acceptors (Lipinski definition) is 0. The summed E-state index contributed by atoms with van der Waals surface area (Å²) in [6.07, 6.45) is 1.44. The van der Waals surface area contributed by atoms with Gasteiger partial charge in [0, 0.05) is 27.3 Å². The fourth-order valence-electron chi connectivity index (χ4n) is 1.10. The van der Waals surface area contributed by atoms with E-state index in [2.05, 4.69) is 33.8 Å². The van der Waals surface area contributed by atoms with Crippen LogP contribution < -0.4 is 0 Å². The first-order chi connectivity index (χ1) is 3.42. The van der Waals surface area contributed by atoms with Gasteiger partial charge in [0.05, 0.1) is 6.16 Å². The molecule has 0 saturated carbocycles. The summed E-state index contributed by atoms with van der Waals surface area (Å²) in [6, 6.07) is 0. The zero-order valence-corrected chi connectivity index (χ0v) is 7.63. The lowest BCUT2D eigenvalue weighted by atomic mass is 10.3. The van der Waals surface area contributed by atoms with Gasteiger partial charge in [-0.05, 0) is 5.92 Å². The second-order valence-corrected chi connectivity index (χ2v) is 8.81. The molecule has 0 amide bonds. The molecule has 0 aliphatic rings. The van der Waals surface area contributed by atoms with Crippen molar-refractivity contribution in [1.82, 2.24) is 0 Å². The third kappa shape index (κ3) is 6.43. The van der Waals surface area contributed by atoms with Gasteiger partial charge in [-0.1, -0.05) is 13.8 Å². The normalized spacial score (nSPS) is 12.8. The zero-order valence-electron chi connectivity index (χ0n) is 6.73. The van der Waals surface area contributed by atoms with Crippen LogP contribution in [0.25, 0.3) is 0 Å². The van der Waals surface area contributed by atoms with Crippen LogP contribution in [-0.4, -0.2) is 26.2 Å². The molecule has 0 heterocycles. The monoisotopic (exact) mass is 133 g/mol. The summed E-state index contributed by atoms with van der Waals surface area (Å²) >= 11 is 0. The van der Waals surface area contributed by atoms with Crippen LogP contribution in [0.5, 0.6) is 0 Å². The van der Waals surface area contributed by atoms with Crippen LogP contribution in [0.1, 0.15) is 13.8 Å². The van der Waals surface area contributed by atoms with Crippen molar-refractivity contribution in [1.29, 1.82) is 0 Å².